The minimum absolute atomic E-state index is 0.313. The van der Waals surface area contributed by atoms with Crippen LogP contribution < -0.4 is 0 Å². The molecule has 0 N–H and O–H groups in total. The zero-order chi connectivity index (χ0) is 9.80. The van der Waals surface area contributed by atoms with Gasteiger partial charge in [0.2, 0.25) is 0 Å². The first kappa shape index (κ1) is 9.53. The molecule has 0 saturated carbocycles. The zero-order valence-corrected chi connectivity index (χ0v) is 9.39. The zero-order valence-electron chi connectivity index (χ0n) is 7.81. The van der Waals surface area contributed by atoms with Crippen molar-refractivity contribution in [1.82, 2.24) is 4.90 Å². The van der Waals surface area contributed by atoms with Crippen molar-refractivity contribution in [2.24, 2.45) is 0 Å². The van der Waals surface area contributed by atoms with Crippen LogP contribution in [0.25, 0.3) is 0 Å². The van der Waals surface area contributed by atoms with Crippen LogP contribution in [0.4, 0.5) is 0 Å². The summed E-state index contributed by atoms with van der Waals surface area (Å²) in [6.07, 6.45) is 8.34. The molecule has 2 rings (SSSR count). The molecule has 0 bridgehead atoms. The van der Waals surface area contributed by atoms with Crippen molar-refractivity contribution in [3.63, 3.8) is 0 Å². The highest BCUT2D eigenvalue weighted by Gasteiger charge is 2.10. The maximum atomic E-state index is 3.60. The summed E-state index contributed by atoms with van der Waals surface area (Å²) in [5.41, 5.74) is 1.33. The topological polar surface area (TPSA) is 3.24 Å². The average molecular weight is 250 g/mol. The molecule has 1 aliphatic heterocycles. The molecule has 1 aromatic carbocycles. The van der Waals surface area contributed by atoms with E-state index in [-0.39, 0.29) is 0 Å². The summed E-state index contributed by atoms with van der Waals surface area (Å²) in [7, 11) is 0. The van der Waals surface area contributed by atoms with Gasteiger partial charge in [0, 0.05) is 12.7 Å². The molecule has 72 valence electrons. The van der Waals surface area contributed by atoms with Gasteiger partial charge < -0.3 is 4.90 Å². The van der Waals surface area contributed by atoms with Gasteiger partial charge in [-0.15, -0.1) is 0 Å². The third kappa shape index (κ3) is 2.26. The van der Waals surface area contributed by atoms with Crippen molar-refractivity contribution in [2.75, 3.05) is 0 Å². The van der Waals surface area contributed by atoms with Gasteiger partial charge in [-0.3, -0.25) is 0 Å². The van der Waals surface area contributed by atoms with Gasteiger partial charge >= 0.3 is 0 Å². The minimum Gasteiger partial charge on any atom is -0.357 e. The smallest absolute Gasteiger partial charge is 0.103 e. The molecule has 1 heterocycles. The van der Waals surface area contributed by atoms with E-state index in [4.69, 9.17) is 0 Å². The lowest BCUT2D eigenvalue weighted by Crippen LogP contribution is -2.24. The van der Waals surface area contributed by atoms with Gasteiger partial charge in [0.15, 0.2) is 0 Å². The van der Waals surface area contributed by atoms with E-state index in [1.165, 1.54) is 5.56 Å². The minimum atomic E-state index is 0.313. The fourth-order valence-electron chi connectivity index (χ4n) is 1.44. The van der Waals surface area contributed by atoms with Gasteiger partial charge in [-0.25, -0.2) is 0 Å². The monoisotopic (exact) mass is 249 g/mol. The summed E-state index contributed by atoms with van der Waals surface area (Å²) >= 11 is 3.60. The molecule has 0 saturated heterocycles. The Bertz CT molecular complexity index is 343. The van der Waals surface area contributed by atoms with Gasteiger partial charge in [0.1, 0.15) is 4.95 Å². The number of alkyl halides is 1. The van der Waals surface area contributed by atoms with Crippen LogP contribution in [0.5, 0.6) is 0 Å². The molecular formula is C12H12BrN. The molecule has 0 radical (unpaired) electrons. The molecule has 0 spiro atoms. The summed E-state index contributed by atoms with van der Waals surface area (Å²) in [5, 5.41) is 0. The SMILES string of the molecule is BrC1C=CC=CN1Cc1ccccc1. The van der Waals surface area contributed by atoms with Crippen molar-refractivity contribution in [2.45, 2.75) is 11.5 Å². The van der Waals surface area contributed by atoms with E-state index in [9.17, 15) is 0 Å². The number of rotatable bonds is 2. The van der Waals surface area contributed by atoms with E-state index in [1.807, 2.05) is 6.07 Å². The second-order valence-corrected chi connectivity index (χ2v) is 4.20. The summed E-state index contributed by atoms with van der Waals surface area (Å²) in [6.45, 7) is 0.942. The van der Waals surface area contributed by atoms with Crippen LogP contribution in [0.3, 0.4) is 0 Å². The molecular weight excluding hydrogens is 238 g/mol. The first-order chi connectivity index (χ1) is 6.86. The van der Waals surface area contributed by atoms with Crippen molar-refractivity contribution in [3.05, 3.63) is 60.3 Å². The quantitative estimate of drug-likeness (QED) is 0.575. The van der Waals surface area contributed by atoms with E-state index in [2.05, 4.69) is 69.5 Å². The fraction of sp³-hybridized carbons (Fsp3) is 0.167. The molecule has 14 heavy (non-hydrogen) atoms. The number of nitrogens with zero attached hydrogens (tertiary/aromatic N) is 1. The Kier molecular flexibility index (Phi) is 3.04. The van der Waals surface area contributed by atoms with Crippen LogP contribution in [0.2, 0.25) is 0 Å². The van der Waals surface area contributed by atoms with Crippen LogP contribution in [0, 0.1) is 0 Å². The lowest BCUT2D eigenvalue weighted by atomic mass is 10.2. The second-order valence-electron chi connectivity index (χ2n) is 3.26. The van der Waals surface area contributed by atoms with Crippen LogP contribution in [-0.2, 0) is 6.54 Å². The Labute approximate surface area is 92.9 Å². The molecule has 0 amide bonds. The van der Waals surface area contributed by atoms with E-state index >= 15 is 0 Å². The van der Waals surface area contributed by atoms with E-state index < -0.39 is 0 Å². The van der Waals surface area contributed by atoms with Gasteiger partial charge in [-0.05, 0) is 11.6 Å². The fourth-order valence-corrected chi connectivity index (χ4v) is 1.90. The molecule has 0 aliphatic carbocycles. The van der Waals surface area contributed by atoms with Crippen LogP contribution in [0.15, 0.2) is 54.8 Å². The van der Waals surface area contributed by atoms with Gasteiger partial charge in [-0.1, -0.05) is 58.4 Å². The van der Waals surface area contributed by atoms with Crippen molar-refractivity contribution >= 4 is 15.9 Å². The highest BCUT2D eigenvalue weighted by molar-refractivity contribution is 9.09. The van der Waals surface area contributed by atoms with Crippen LogP contribution in [0.1, 0.15) is 5.56 Å². The normalized spacial score (nSPS) is 20.1. The van der Waals surface area contributed by atoms with Gasteiger partial charge in [0.25, 0.3) is 0 Å². The number of benzene rings is 1. The van der Waals surface area contributed by atoms with Gasteiger partial charge in [-0.2, -0.15) is 0 Å². The molecule has 0 fully saturated rings. The number of allylic oxidation sites excluding steroid dienone is 2. The Balaban J connectivity index is 2.05. The summed E-state index contributed by atoms with van der Waals surface area (Å²) in [5.74, 6) is 0. The Morgan fingerprint density at radius 3 is 2.64 bits per heavy atom. The summed E-state index contributed by atoms with van der Waals surface area (Å²) in [4.78, 5) is 2.56. The Morgan fingerprint density at radius 2 is 1.93 bits per heavy atom. The molecule has 1 aromatic rings. The number of halogens is 1. The first-order valence-electron chi connectivity index (χ1n) is 4.65. The van der Waals surface area contributed by atoms with Crippen LogP contribution in [-0.4, -0.2) is 9.85 Å². The van der Waals surface area contributed by atoms with Crippen molar-refractivity contribution in [3.8, 4) is 0 Å². The summed E-state index contributed by atoms with van der Waals surface area (Å²) in [6, 6.07) is 10.5. The lowest BCUT2D eigenvalue weighted by Gasteiger charge is -2.26. The molecule has 1 nitrogen and oxygen atoms in total. The van der Waals surface area contributed by atoms with Gasteiger partial charge in [0.05, 0.1) is 0 Å². The highest BCUT2D eigenvalue weighted by Crippen LogP contribution is 2.17. The molecule has 2 heteroatoms. The Hall–Kier alpha value is -1.02. The molecule has 1 atom stereocenters. The number of hydrogen-bond acceptors (Lipinski definition) is 1. The third-order valence-corrected chi connectivity index (χ3v) is 3.01. The predicted molar refractivity (Wildman–Crippen MR) is 63.0 cm³/mol. The Morgan fingerprint density at radius 1 is 1.14 bits per heavy atom. The largest absolute Gasteiger partial charge is 0.357 e. The lowest BCUT2D eigenvalue weighted by molar-refractivity contribution is 0.385. The molecule has 0 aromatic heterocycles. The molecule has 1 unspecified atom stereocenters. The average Bonchev–Trinajstić information content (AvgIpc) is 2.23. The van der Waals surface area contributed by atoms with E-state index in [0.29, 0.717) is 4.95 Å². The summed E-state index contributed by atoms with van der Waals surface area (Å²) < 4.78 is 0. The first-order valence-corrected chi connectivity index (χ1v) is 5.56. The molecule has 1 aliphatic rings. The van der Waals surface area contributed by atoms with E-state index in [0.717, 1.165) is 6.54 Å². The standard InChI is InChI=1S/C12H12BrN/c13-12-8-4-5-9-14(12)10-11-6-2-1-3-7-11/h1-9,12H,10H2. The maximum Gasteiger partial charge on any atom is 0.103 e. The predicted octanol–water partition coefficient (Wildman–Crippen LogP) is 3.29. The third-order valence-electron chi connectivity index (χ3n) is 2.18. The number of hydrogen-bond donors (Lipinski definition) is 0. The van der Waals surface area contributed by atoms with Crippen molar-refractivity contribution < 1.29 is 0 Å². The van der Waals surface area contributed by atoms with Crippen molar-refractivity contribution in [1.29, 1.82) is 0 Å². The highest BCUT2D eigenvalue weighted by atomic mass is 79.9. The van der Waals surface area contributed by atoms with Crippen LogP contribution >= 0.6 is 15.9 Å². The van der Waals surface area contributed by atoms with E-state index in [1.54, 1.807) is 0 Å². The second kappa shape index (κ2) is 4.47. The maximum absolute atomic E-state index is 3.60.